The molecule has 0 unspecified atom stereocenters. The molecule has 0 radical (unpaired) electrons. The first-order chi connectivity index (χ1) is 15.4. The zero-order chi connectivity index (χ0) is 24.1. The van der Waals surface area contributed by atoms with Crippen LogP contribution in [0.5, 0.6) is 0 Å². The number of pyridine rings is 1. The molecule has 0 aliphatic rings. The van der Waals surface area contributed by atoms with E-state index in [1.165, 1.54) is 12.3 Å². The van der Waals surface area contributed by atoms with Crippen LogP contribution in [0.25, 0.3) is 33.3 Å². The van der Waals surface area contributed by atoms with Crippen molar-refractivity contribution in [1.29, 1.82) is 0 Å². The van der Waals surface area contributed by atoms with Gasteiger partial charge in [-0.25, -0.2) is 17.1 Å². The fraction of sp³-hybridized carbons (Fsp3) is 0.316. The number of rotatable bonds is 6. The van der Waals surface area contributed by atoms with E-state index in [4.69, 9.17) is 4.52 Å². The third-order valence-corrected chi connectivity index (χ3v) is 6.61. The molecule has 4 rings (SSSR count). The number of nitrogens with zero attached hydrogens (tertiary/aromatic N) is 5. The lowest BCUT2D eigenvalue weighted by Gasteiger charge is -2.10. The molecule has 0 spiro atoms. The number of fused-ring (bicyclic) bond motifs is 1. The average molecular weight is 489 g/mol. The van der Waals surface area contributed by atoms with Gasteiger partial charge < -0.3 is 4.52 Å². The summed E-state index contributed by atoms with van der Waals surface area (Å²) >= 11 is 0. The zero-order valence-corrected chi connectivity index (χ0v) is 18.0. The van der Waals surface area contributed by atoms with Crippen LogP contribution in [0.1, 0.15) is 24.4 Å². The van der Waals surface area contributed by atoms with Gasteiger partial charge >= 0.3 is 12.7 Å². The Kier molecular flexibility index (Phi) is 5.50. The summed E-state index contributed by atoms with van der Waals surface area (Å²) in [5.74, 6) is -0.768. The molecule has 4 aromatic rings. The van der Waals surface area contributed by atoms with Crippen molar-refractivity contribution in [3.63, 3.8) is 0 Å². The van der Waals surface area contributed by atoms with Crippen LogP contribution in [0.4, 0.5) is 22.0 Å². The van der Waals surface area contributed by atoms with Crippen LogP contribution < -0.4 is 0 Å². The highest BCUT2D eigenvalue weighted by Gasteiger charge is 2.32. The summed E-state index contributed by atoms with van der Waals surface area (Å²) in [6.45, 7) is 0.379. The summed E-state index contributed by atoms with van der Waals surface area (Å²) in [5.41, 5.74) is 1.81. The first-order valence-corrected chi connectivity index (χ1v) is 11.1. The van der Waals surface area contributed by atoms with Crippen molar-refractivity contribution >= 4 is 21.1 Å². The molecule has 4 aromatic heterocycles. The van der Waals surface area contributed by atoms with Crippen molar-refractivity contribution in [2.75, 3.05) is 5.75 Å². The second-order valence-electron chi connectivity index (χ2n) is 7.30. The molecule has 0 bridgehead atoms. The number of aromatic nitrogens is 5. The van der Waals surface area contributed by atoms with Gasteiger partial charge in [-0.1, -0.05) is 5.16 Å². The van der Waals surface area contributed by atoms with Gasteiger partial charge in [0.25, 0.3) is 0 Å². The molecule has 0 aromatic carbocycles. The Morgan fingerprint density at radius 2 is 1.85 bits per heavy atom. The van der Waals surface area contributed by atoms with Crippen molar-refractivity contribution in [3.05, 3.63) is 42.3 Å². The van der Waals surface area contributed by atoms with E-state index in [2.05, 4.69) is 15.2 Å². The lowest BCUT2D eigenvalue weighted by molar-refractivity contribution is -0.129. The molecule has 0 saturated heterocycles. The van der Waals surface area contributed by atoms with E-state index < -0.39 is 34.9 Å². The summed E-state index contributed by atoms with van der Waals surface area (Å²) in [6, 6.07) is 1.43. The Morgan fingerprint density at radius 1 is 1.12 bits per heavy atom. The molecular formula is C19H16F5N5O3S. The normalized spacial score (nSPS) is 12.8. The molecule has 0 saturated carbocycles. The minimum Gasteiger partial charge on any atom is -0.361 e. The maximum absolute atomic E-state index is 13.0. The van der Waals surface area contributed by atoms with E-state index in [1.807, 2.05) is 0 Å². The first-order valence-electron chi connectivity index (χ1n) is 9.44. The van der Waals surface area contributed by atoms with E-state index in [0.717, 1.165) is 18.6 Å². The van der Waals surface area contributed by atoms with Crippen LogP contribution in [-0.4, -0.2) is 44.2 Å². The number of hydrogen-bond acceptors (Lipinski definition) is 6. The maximum atomic E-state index is 13.0. The van der Waals surface area contributed by atoms with Gasteiger partial charge in [0.1, 0.15) is 5.76 Å². The highest BCUT2D eigenvalue weighted by atomic mass is 32.2. The van der Waals surface area contributed by atoms with Gasteiger partial charge in [0.05, 0.1) is 35.1 Å². The predicted molar refractivity (Wildman–Crippen MR) is 107 cm³/mol. The SMILES string of the molecule is Cc1noc(C)c1-c1cnc2c(-c3cnn(C(F)F)c3)cn(S(=O)(=O)CCC(F)(F)F)c2c1. The van der Waals surface area contributed by atoms with Crippen molar-refractivity contribution < 1.29 is 34.9 Å². The molecule has 0 N–H and O–H groups in total. The smallest absolute Gasteiger partial charge is 0.361 e. The third-order valence-electron chi connectivity index (χ3n) is 4.98. The van der Waals surface area contributed by atoms with Crippen LogP contribution in [-0.2, 0) is 10.0 Å². The van der Waals surface area contributed by atoms with Crippen molar-refractivity contribution in [2.45, 2.75) is 33.0 Å². The second-order valence-corrected chi connectivity index (χ2v) is 9.26. The van der Waals surface area contributed by atoms with Gasteiger partial charge in [0.15, 0.2) is 0 Å². The summed E-state index contributed by atoms with van der Waals surface area (Å²) in [5, 5.41) is 7.37. The fourth-order valence-electron chi connectivity index (χ4n) is 3.48. The Hall–Kier alpha value is -3.29. The second kappa shape index (κ2) is 7.93. The van der Waals surface area contributed by atoms with Crippen LogP contribution in [0.15, 0.2) is 35.4 Å². The lowest BCUT2D eigenvalue weighted by atomic mass is 10.1. The van der Waals surface area contributed by atoms with Gasteiger partial charge in [-0.2, -0.15) is 27.1 Å². The number of aryl methyl sites for hydroxylation is 2. The monoisotopic (exact) mass is 489 g/mol. The van der Waals surface area contributed by atoms with Crippen molar-refractivity contribution in [1.82, 2.24) is 23.9 Å². The summed E-state index contributed by atoms with van der Waals surface area (Å²) in [4.78, 5) is 4.29. The van der Waals surface area contributed by atoms with Crippen LogP contribution in [0, 0.1) is 13.8 Å². The summed E-state index contributed by atoms with van der Waals surface area (Å²) < 4.78 is 96.0. The van der Waals surface area contributed by atoms with E-state index in [9.17, 15) is 30.4 Å². The standard InChI is InChI=1S/C19H16F5N5O3S/c1-10-16(11(2)32-27-10)12-5-15-17(25-6-12)14(13-7-26-28(8-13)18(20)21)9-29(15)33(30,31)4-3-19(22,23)24/h5-9,18H,3-4H2,1-2H3. The topological polar surface area (TPSA) is 95.8 Å². The minimum atomic E-state index is -4.68. The minimum absolute atomic E-state index is 0.0190. The Morgan fingerprint density at radius 3 is 2.42 bits per heavy atom. The molecule has 0 aliphatic heterocycles. The number of alkyl halides is 5. The van der Waals surface area contributed by atoms with E-state index in [-0.39, 0.29) is 22.2 Å². The zero-order valence-electron chi connectivity index (χ0n) is 17.1. The average Bonchev–Trinajstić information content (AvgIpc) is 3.43. The quantitative estimate of drug-likeness (QED) is 0.365. The van der Waals surface area contributed by atoms with Crippen LogP contribution >= 0.6 is 0 Å². The highest BCUT2D eigenvalue weighted by molar-refractivity contribution is 7.90. The molecular weight excluding hydrogens is 473 g/mol. The molecule has 8 nitrogen and oxygen atoms in total. The molecule has 14 heteroatoms. The fourth-order valence-corrected chi connectivity index (χ4v) is 4.87. The summed E-state index contributed by atoms with van der Waals surface area (Å²) in [7, 11) is -4.48. The predicted octanol–water partition coefficient (Wildman–Crippen LogP) is 4.70. The van der Waals surface area contributed by atoms with Crippen LogP contribution in [0.3, 0.4) is 0 Å². The van der Waals surface area contributed by atoms with E-state index in [0.29, 0.717) is 31.2 Å². The van der Waals surface area contributed by atoms with E-state index >= 15 is 0 Å². The maximum Gasteiger partial charge on any atom is 0.390 e. The Bertz CT molecular complexity index is 1420. The highest BCUT2D eigenvalue weighted by Crippen LogP contribution is 2.35. The molecule has 4 heterocycles. The molecule has 176 valence electrons. The molecule has 0 atom stereocenters. The largest absolute Gasteiger partial charge is 0.390 e. The van der Waals surface area contributed by atoms with Crippen molar-refractivity contribution in [3.8, 4) is 22.3 Å². The molecule has 0 amide bonds. The van der Waals surface area contributed by atoms with E-state index in [1.54, 1.807) is 13.8 Å². The molecule has 33 heavy (non-hydrogen) atoms. The van der Waals surface area contributed by atoms with Gasteiger partial charge in [0.2, 0.25) is 10.0 Å². The molecule has 0 aliphatic carbocycles. The Labute approximate surface area is 183 Å². The number of hydrogen-bond donors (Lipinski definition) is 0. The Balaban J connectivity index is 1.93. The van der Waals surface area contributed by atoms with Crippen molar-refractivity contribution in [2.24, 2.45) is 0 Å². The van der Waals surface area contributed by atoms with Gasteiger partial charge in [-0.15, -0.1) is 0 Å². The molecule has 0 fully saturated rings. The third kappa shape index (κ3) is 4.34. The number of halogens is 5. The van der Waals surface area contributed by atoms with Gasteiger partial charge in [-0.05, 0) is 19.9 Å². The van der Waals surface area contributed by atoms with Gasteiger partial charge in [-0.3, -0.25) is 4.98 Å². The van der Waals surface area contributed by atoms with Crippen LogP contribution in [0.2, 0.25) is 0 Å². The first kappa shape index (κ1) is 22.9. The lowest BCUT2D eigenvalue weighted by Crippen LogP contribution is -2.21. The van der Waals surface area contributed by atoms with Gasteiger partial charge in [0, 0.05) is 40.8 Å². The summed E-state index contributed by atoms with van der Waals surface area (Å²) in [6.07, 6.45) is -1.66.